The first-order chi connectivity index (χ1) is 9.76. The van der Waals surface area contributed by atoms with Crippen molar-refractivity contribution in [2.75, 3.05) is 7.05 Å². The predicted molar refractivity (Wildman–Crippen MR) is 90.0 cm³/mol. The Labute approximate surface area is 126 Å². The highest BCUT2D eigenvalue weighted by atomic mass is 16.1. The molecule has 0 aliphatic heterocycles. The third-order valence-corrected chi connectivity index (χ3v) is 2.11. The lowest BCUT2D eigenvalue weighted by atomic mass is 10.2. The van der Waals surface area contributed by atoms with E-state index in [1.165, 1.54) is 0 Å². The van der Waals surface area contributed by atoms with Gasteiger partial charge in [-0.25, -0.2) is 0 Å². The molecule has 0 atom stereocenters. The minimum atomic E-state index is 0.0636. The number of rotatable bonds is 4. The van der Waals surface area contributed by atoms with E-state index >= 15 is 0 Å². The van der Waals surface area contributed by atoms with Crippen LogP contribution in [0.25, 0.3) is 0 Å². The summed E-state index contributed by atoms with van der Waals surface area (Å²) in [5.74, 6) is 0.0636. The van der Waals surface area contributed by atoms with Crippen molar-refractivity contribution >= 4 is 5.91 Å². The molecule has 1 rings (SSSR count). The highest BCUT2D eigenvalue weighted by molar-refractivity contribution is 5.75. The van der Waals surface area contributed by atoms with E-state index in [2.05, 4.69) is 17.2 Å². The van der Waals surface area contributed by atoms with Crippen molar-refractivity contribution < 1.29 is 4.79 Å². The van der Waals surface area contributed by atoms with Crippen molar-refractivity contribution in [2.45, 2.75) is 67.7 Å². The van der Waals surface area contributed by atoms with Crippen LogP contribution in [0.15, 0.2) is 18.2 Å². The molecule has 0 spiro atoms. The molecule has 0 saturated heterocycles. The van der Waals surface area contributed by atoms with Gasteiger partial charge in [0.15, 0.2) is 0 Å². The zero-order chi connectivity index (χ0) is 16.4. The summed E-state index contributed by atoms with van der Waals surface area (Å²) in [5.41, 5.74) is 2.08. The molecule has 0 saturated carbocycles. The zero-order valence-corrected chi connectivity index (χ0v) is 14.7. The number of aromatic nitrogens is 1. The monoisotopic (exact) mass is 282 g/mol. The quantitative estimate of drug-likeness (QED) is 0.889. The van der Waals surface area contributed by atoms with Crippen molar-refractivity contribution in [2.24, 2.45) is 0 Å². The van der Waals surface area contributed by atoms with E-state index in [4.69, 9.17) is 0 Å². The lowest BCUT2D eigenvalue weighted by molar-refractivity contribution is -0.120. The Morgan fingerprint density at radius 1 is 1.05 bits per heavy atom. The molecule has 118 valence electrons. The van der Waals surface area contributed by atoms with Crippen molar-refractivity contribution in [1.29, 1.82) is 0 Å². The molecule has 20 heavy (non-hydrogen) atoms. The first-order valence-electron chi connectivity index (χ1n) is 7.91. The molecule has 1 aromatic rings. The molecule has 1 heterocycles. The van der Waals surface area contributed by atoms with Gasteiger partial charge in [-0.05, 0) is 25.0 Å². The topological polar surface area (TPSA) is 42.0 Å². The first-order valence-corrected chi connectivity index (χ1v) is 7.91. The summed E-state index contributed by atoms with van der Waals surface area (Å²) in [5, 5.41) is 2.60. The largest absolute Gasteiger partial charge is 0.359 e. The lowest BCUT2D eigenvalue weighted by Gasteiger charge is -2.02. The third-order valence-electron chi connectivity index (χ3n) is 2.11. The number of amides is 1. The summed E-state index contributed by atoms with van der Waals surface area (Å²) in [6.07, 6.45) is 2.16. The second kappa shape index (κ2) is 19.9. The normalized spacial score (nSPS) is 7.80. The molecule has 0 aliphatic rings. The lowest BCUT2D eigenvalue weighted by Crippen LogP contribution is -2.18. The number of pyridine rings is 1. The van der Waals surface area contributed by atoms with E-state index in [1.807, 2.05) is 59.7 Å². The average Bonchev–Trinajstić information content (AvgIpc) is 2.58. The molecule has 0 bridgehead atoms. The Bertz CT molecular complexity index is 312. The zero-order valence-electron chi connectivity index (χ0n) is 14.7. The Morgan fingerprint density at radius 3 is 2.00 bits per heavy atom. The van der Waals surface area contributed by atoms with Crippen LogP contribution in [-0.4, -0.2) is 17.9 Å². The van der Waals surface area contributed by atoms with Crippen LogP contribution in [-0.2, 0) is 17.6 Å². The number of hydrogen-bond acceptors (Lipinski definition) is 2. The van der Waals surface area contributed by atoms with Crippen LogP contribution in [0.3, 0.4) is 0 Å². The Morgan fingerprint density at radius 2 is 1.55 bits per heavy atom. The van der Waals surface area contributed by atoms with Crippen molar-refractivity contribution in [3.63, 3.8) is 0 Å². The Hall–Kier alpha value is -1.38. The number of aryl methyl sites for hydroxylation is 2. The highest BCUT2D eigenvalue weighted by Crippen LogP contribution is 2.02. The van der Waals surface area contributed by atoms with Gasteiger partial charge in [-0.3, -0.25) is 9.78 Å². The molecule has 0 unspecified atom stereocenters. The van der Waals surface area contributed by atoms with Crippen molar-refractivity contribution in [3.8, 4) is 0 Å². The number of carbonyl (C=O) groups is 1. The van der Waals surface area contributed by atoms with Gasteiger partial charge in [0.2, 0.25) is 5.91 Å². The summed E-state index contributed by atoms with van der Waals surface area (Å²) >= 11 is 0. The van der Waals surface area contributed by atoms with Crippen LogP contribution in [0.4, 0.5) is 0 Å². The maximum Gasteiger partial charge on any atom is 0.220 e. The minimum absolute atomic E-state index is 0.0636. The SMILES string of the molecule is CC.CC.CC.CCc1cccc(CCC(=O)NC)n1. The summed E-state index contributed by atoms with van der Waals surface area (Å²) in [4.78, 5) is 15.4. The standard InChI is InChI=1S/C11H16N2O.3C2H6/c1-3-9-5-4-6-10(13-9)7-8-11(14)12-2;3*1-2/h4-6H,3,7-8H2,1-2H3,(H,12,14);3*1-2H3. The molecule has 0 radical (unpaired) electrons. The molecular weight excluding hydrogens is 248 g/mol. The summed E-state index contributed by atoms with van der Waals surface area (Å²) in [7, 11) is 1.65. The first kappa shape index (κ1) is 23.7. The molecule has 1 aromatic heterocycles. The molecule has 0 fully saturated rings. The number of hydrogen-bond donors (Lipinski definition) is 1. The fourth-order valence-corrected chi connectivity index (χ4v) is 1.23. The van der Waals surface area contributed by atoms with Gasteiger partial charge in [-0.15, -0.1) is 0 Å². The van der Waals surface area contributed by atoms with Crippen LogP contribution < -0.4 is 5.32 Å². The summed E-state index contributed by atoms with van der Waals surface area (Å²) in [6, 6.07) is 5.95. The van der Waals surface area contributed by atoms with Crippen LogP contribution in [0.2, 0.25) is 0 Å². The number of nitrogens with one attached hydrogen (secondary N) is 1. The maximum absolute atomic E-state index is 11.0. The fraction of sp³-hybridized carbons (Fsp3) is 0.647. The van der Waals surface area contributed by atoms with Gasteiger partial charge in [0.25, 0.3) is 0 Å². The van der Waals surface area contributed by atoms with Crippen molar-refractivity contribution in [1.82, 2.24) is 10.3 Å². The van der Waals surface area contributed by atoms with Gasteiger partial charge in [0.1, 0.15) is 0 Å². The van der Waals surface area contributed by atoms with E-state index in [1.54, 1.807) is 7.05 Å². The Kier molecular flexibility index (Phi) is 23.6. The van der Waals surface area contributed by atoms with E-state index in [9.17, 15) is 4.79 Å². The molecule has 3 heteroatoms. The Balaban J connectivity index is -0.000000425. The highest BCUT2D eigenvalue weighted by Gasteiger charge is 2.00. The second-order valence-electron chi connectivity index (χ2n) is 3.15. The van der Waals surface area contributed by atoms with Gasteiger partial charge < -0.3 is 5.32 Å². The summed E-state index contributed by atoms with van der Waals surface area (Å²) in [6.45, 7) is 14.1. The molecule has 1 N–H and O–H groups in total. The summed E-state index contributed by atoms with van der Waals surface area (Å²) < 4.78 is 0. The average molecular weight is 282 g/mol. The van der Waals surface area contributed by atoms with E-state index in [0.717, 1.165) is 17.8 Å². The van der Waals surface area contributed by atoms with E-state index < -0.39 is 0 Å². The number of nitrogens with zero attached hydrogens (tertiary/aromatic N) is 1. The predicted octanol–water partition coefficient (Wildman–Crippen LogP) is 4.40. The number of carbonyl (C=O) groups excluding carboxylic acids is 1. The van der Waals surface area contributed by atoms with Crippen LogP contribution in [0.5, 0.6) is 0 Å². The molecule has 0 aromatic carbocycles. The van der Waals surface area contributed by atoms with Gasteiger partial charge in [0, 0.05) is 24.9 Å². The van der Waals surface area contributed by atoms with Crippen LogP contribution >= 0.6 is 0 Å². The maximum atomic E-state index is 11.0. The fourth-order valence-electron chi connectivity index (χ4n) is 1.23. The van der Waals surface area contributed by atoms with Gasteiger partial charge >= 0.3 is 0 Å². The smallest absolute Gasteiger partial charge is 0.220 e. The third kappa shape index (κ3) is 13.1. The second-order valence-corrected chi connectivity index (χ2v) is 3.15. The minimum Gasteiger partial charge on any atom is -0.359 e. The van der Waals surface area contributed by atoms with E-state index in [0.29, 0.717) is 12.8 Å². The van der Waals surface area contributed by atoms with E-state index in [-0.39, 0.29) is 5.91 Å². The molecular formula is C17H34N2O. The molecule has 1 amide bonds. The van der Waals surface area contributed by atoms with Gasteiger partial charge in [0.05, 0.1) is 0 Å². The van der Waals surface area contributed by atoms with Crippen LogP contribution in [0, 0.1) is 0 Å². The molecule has 3 nitrogen and oxygen atoms in total. The van der Waals surface area contributed by atoms with Gasteiger partial charge in [-0.2, -0.15) is 0 Å². The van der Waals surface area contributed by atoms with Crippen molar-refractivity contribution in [3.05, 3.63) is 29.6 Å². The molecule has 0 aliphatic carbocycles. The van der Waals surface area contributed by atoms with Crippen LogP contribution in [0.1, 0.15) is 66.3 Å². The van der Waals surface area contributed by atoms with Gasteiger partial charge in [-0.1, -0.05) is 54.5 Å².